The fraction of sp³-hybridized carbons (Fsp3) is 0.312. The number of aromatic amines is 1. The monoisotopic (exact) mass is 286 g/mol. The Morgan fingerprint density at radius 3 is 2.95 bits per heavy atom. The van der Waals surface area contributed by atoms with Crippen molar-refractivity contribution in [3.63, 3.8) is 0 Å². The van der Waals surface area contributed by atoms with Crippen molar-refractivity contribution >= 4 is 5.69 Å². The maximum atomic E-state index is 11.4. The van der Waals surface area contributed by atoms with E-state index in [0.717, 1.165) is 36.2 Å². The minimum absolute atomic E-state index is 0.0588. The van der Waals surface area contributed by atoms with Gasteiger partial charge in [0.2, 0.25) is 5.56 Å². The van der Waals surface area contributed by atoms with Gasteiger partial charge in [0.1, 0.15) is 0 Å². The van der Waals surface area contributed by atoms with Crippen LogP contribution in [0.4, 0.5) is 5.69 Å². The maximum absolute atomic E-state index is 11.4. The number of pyridine rings is 1. The molecule has 3 N–H and O–H groups in total. The van der Waals surface area contributed by atoms with Gasteiger partial charge in [0.05, 0.1) is 13.2 Å². The first-order valence-corrected chi connectivity index (χ1v) is 7.03. The van der Waals surface area contributed by atoms with Crippen molar-refractivity contribution in [3.8, 4) is 11.5 Å². The Kier molecular flexibility index (Phi) is 3.56. The zero-order valence-electron chi connectivity index (χ0n) is 11.8. The number of hydrogen-bond acceptors (Lipinski definition) is 4. The van der Waals surface area contributed by atoms with Crippen molar-refractivity contribution in [2.75, 3.05) is 12.4 Å². The number of fused-ring (bicyclic) bond motifs is 1. The van der Waals surface area contributed by atoms with Gasteiger partial charge in [-0.25, -0.2) is 0 Å². The predicted octanol–water partition coefficient (Wildman–Crippen LogP) is 2.58. The van der Waals surface area contributed by atoms with E-state index in [1.54, 1.807) is 18.2 Å². The van der Waals surface area contributed by atoms with Gasteiger partial charge in [-0.05, 0) is 43.0 Å². The summed E-state index contributed by atoms with van der Waals surface area (Å²) in [7, 11) is 1.52. The van der Waals surface area contributed by atoms with E-state index in [1.165, 1.54) is 7.11 Å². The summed E-state index contributed by atoms with van der Waals surface area (Å²) in [6.45, 7) is 0. The number of phenols is 1. The third kappa shape index (κ3) is 2.72. The van der Waals surface area contributed by atoms with E-state index >= 15 is 0 Å². The van der Waals surface area contributed by atoms with Crippen molar-refractivity contribution < 1.29 is 9.84 Å². The number of aromatic nitrogens is 1. The fourth-order valence-electron chi connectivity index (χ4n) is 2.83. The molecule has 1 heterocycles. The number of aromatic hydroxyl groups is 1. The number of phenolic OH excluding ortho intramolecular Hbond substituents is 1. The first kappa shape index (κ1) is 13.5. The van der Waals surface area contributed by atoms with Gasteiger partial charge in [0.15, 0.2) is 11.5 Å². The first-order chi connectivity index (χ1) is 10.2. The SMILES string of the molecule is COc1ccc(NC2CCCc3[nH]c(=O)ccc32)cc1O. The Balaban J connectivity index is 1.86. The van der Waals surface area contributed by atoms with Crippen LogP contribution in [0.5, 0.6) is 11.5 Å². The van der Waals surface area contributed by atoms with Crippen LogP contribution in [0.2, 0.25) is 0 Å². The Morgan fingerprint density at radius 2 is 2.19 bits per heavy atom. The quantitative estimate of drug-likeness (QED) is 0.810. The van der Waals surface area contributed by atoms with Crippen molar-refractivity contribution in [3.05, 3.63) is 51.9 Å². The molecule has 1 aliphatic rings. The lowest BCUT2D eigenvalue weighted by molar-refractivity contribution is 0.373. The maximum Gasteiger partial charge on any atom is 0.248 e. The lowest BCUT2D eigenvalue weighted by atomic mass is 9.91. The summed E-state index contributed by atoms with van der Waals surface area (Å²) < 4.78 is 5.04. The molecule has 1 aromatic heterocycles. The van der Waals surface area contributed by atoms with E-state index in [2.05, 4.69) is 10.3 Å². The van der Waals surface area contributed by atoms with Gasteiger partial charge in [-0.3, -0.25) is 4.79 Å². The zero-order chi connectivity index (χ0) is 14.8. The molecule has 0 radical (unpaired) electrons. The van der Waals surface area contributed by atoms with Crippen LogP contribution < -0.4 is 15.6 Å². The van der Waals surface area contributed by atoms with E-state index in [1.807, 2.05) is 12.1 Å². The standard InChI is InChI=1S/C16H18N2O3/c1-21-15-7-5-10(9-14(15)19)17-12-3-2-4-13-11(12)6-8-16(20)18-13/h5-9,12,17,19H,2-4H2,1H3,(H,18,20). The molecule has 0 fully saturated rings. The van der Waals surface area contributed by atoms with Crippen LogP contribution in [0, 0.1) is 0 Å². The fourth-order valence-corrected chi connectivity index (χ4v) is 2.83. The van der Waals surface area contributed by atoms with Gasteiger partial charge in [0, 0.05) is 23.5 Å². The van der Waals surface area contributed by atoms with Crippen molar-refractivity contribution in [2.24, 2.45) is 0 Å². The number of rotatable bonds is 3. The molecule has 21 heavy (non-hydrogen) atoms. The molecule has 1 unspecified atom stereocenters. The number of hydrogen-bond donors (Lipinski definition) is 3. The molecule has 0 aliphatic heterocycles. The average molecular weight is 286 g/mol. The number of aryl methyl sites for hydroxylation is 1. The molecule has 1 aliphatic carbocycles. The number of ether oxygens (including phenoxy) is 1. The largest absolute Gasteiger partial charge is 0.504 e. The predicted molar refractivity (Wildman–Crippen MR) is 81.0 cm³/mol. The van der Waals surface area contributed by atoms with Gasteiger partial charge in [0.25, 0.3) is 0 Å². The molecule has 0 saturated carbocycles. The molecule has 1 aromatic carbocycles. The topological polar surface area (TPSA) is 74.3 Å². The highest BCUT2D eigenvalue weighted by atomic mass is 16.5. The Labute approximate surface area is 122 Å². The second-order valence-electron chi connectivity index (χ2n) is 5.23. The molecule has 3 rings (SSSR count). The van der Waals surface area contributed by atoms with Crippen LogP contribution in [0.15, 0.2) is 35.1 Å². The lowest BCUT2D eigenvalue weighted by Crippen LogP contribution is -2.21. The number of nitrogens with one attached hydrogen (secondary N) is 2. The van der Waals surface area contributed by atoms with E-state index in [0.29, 0.717) is 5.75 Å². The summed E-state index contributed by atoms with van der Waals surface area (Å²) in [5.41, 5.74) is 2.90. The van der Waals surface area contributed by atoms with Crippen LogP contribution in [0.3, 0.4) is 0 Å². The number of H-pyrrole nitrogens is 1. The van der Waals surface area contributed by atoms with Gasteiger partial charge < -0.3 is 20.1 Å². The molecule has 110 valence electrons. The summed E-state index contributed by atoms with van der Waals surface area (Å²) >= 11 is 0. The number of methoxy groups -OCH3 is 1. The summed E-state index contributed by atoms with van der Waals surface area (Å²) in [6, 6.07) is 8.84. The van der Waals surface area contributed by atoms with Gasteiger partial charge in [-0.2, -0.15) is 0 Å². The second kappa shape index (κ2) is 5.52. The van der Waals surface area contributed by atoms with Gasteiger partial charge in [-0.15, -0.1) is 0 Å². The molecular formula is C16H18N2O3. The summed E-state index contributed by atoms with van der Waals surface area (Å²) in [5, 5.41) is 13.3. The van der Waals surface area contributed by atoms with Crippen LogP contribution in [0.25, 0.3) is 0 Å². The van der Waals surface area contributed by atoms with E-state index in [-0.39, 0.29) is 17.4 Å². The van der Waals surface area contributed by atoms with Crippen LogP contribution in [0.1, 0.15) is 30.1 Å². The lowest BCUT2D eigenvalue weighted by Gasteiger charge is -2.26. The summed E-state index contributed by atoms with van der Waals surface area (Å²) in [6.07, 6.45) is 2.91. The Bertz CT molecular complexity index is 709. The van der Waals surface area contributed by atoms with Crippen LogP contribution in [-0.4, -0.2) is 17.2 Å². The molecule has 1 atom stereocenters. The van der Waals surface area contributed by atoms with E-state index < -0.39 is 0 Å². The molecular weight excluding hydrogens is 268 g/mol. The average Bonchev–Trinajstić information content (AvgIpc) is 2.47. The van der Waals surface area contributed by atoms with Crippen molar-refractivity contribution in [1.82, 2.24) is 4.98 Å². The first-order valence-electron chi connectivity index (χ1n) is 7.03. The van der Waals surface area contributed by atoms with Crippen LogP contribution in [-0.2, 0) is 6.42 Å². The molecule has 0 amide bonds. The molecule has 0 bridgehead atoms. The number of benzene rings is 1. The third-order valence-electron chi connectivity index (χ3n) is 3.85. The molecule has 2 aromatic rings. The molecule has 0 spiro atoms. The third-order valence-corrected chi connectivity index (χ3v) is 3.85. The highest BCUT2D eigenvalue weighted by molar-refractivity contribution is 5.55. The Hall–Kier alpha value is -2.43. The smallest absolute Gasteiger partial charge is 0.248 e. The van der Waals surface area contributed by atoms with Crippen molar-refractivity contribution in [1.29, 1.82) is 0 Å². The van der Waals surface area contributed by atoms with E-state index in [9.17, 15) is 9.90 Å². The number of anilines is 1. The summed E-state index contributed by atoms with van der Waals surface area (Å²) in [5.74, 6) is 0.564. The van der Waals surface area contributed by atoms with E-state index in [4.69, 9.17) is 4.74 Å². The van der Waals surface area contributed by atoms with Gasteiger partial charge in [-0.1, -0.05) is 0 Å². The highest BCUT2D eigenvalue weighted by Gasteiger charge is 2.20. The minimum atomic E-state index is -0.0588. The van der Waals surface area contributed by atoms with Crippen molar-refractivity contribution in [2.45, 2.75) is 25.3 Å². The zero-order valence-corrected chi connectivity index (χ0v) is 11.8. The molecule has 5 nitrogen and oxygen atoms in total. The Morgan fingerprint density at radius 1 is 1.33 bits per heavy atom. The molecule has 5 heteroatoms. The second-order valence-corrected chi connectivity index (χ2v) is 5.23. The van der Waals surface area contributed by atoms with Gasteiger partial charge >= 0.3 is 0 Å². The normalized spacial score (nSPS) is 17.1. The van der Waals surface area contributed by atoms with Crippen LogP contribution >= 0.6 is 0 Å². The minimum Gasteiger partial charge on any atom is -0.504 e. The summed E-state index contributed by atoms with van der Waals surface area (Å²) in [4.78, 5) is 14.3. The molecule has 0 saturated heterocycles. The highest BCUT2D eigenvalue weighted by Crippen LogP contribution is 2.34.